The first kappa shape index (κ1) is 12.5. The molecule has 4 nitrogen and oxygen atoms in total. The number of rotatable bonds is 4. The molecule has 1 rings (SSSR count). The van der Waals surface area contributed by atoms with Crippen molar-refractivity contribution in [1.29, 1.82) is 0 Å². The molecule has 1 N–H and O–H groups in total. The van der Waals surface area contributed by atoms with E-state index in [1.54, 1.807) is 4.90 Å². The minimum absolute atomic E-state index is 0.0995. The molecule has 4 heteroatoms. The summed E-state index contributed by atoms with van der Waals surface area (Å²) in [6.45, 7) is 7.23. The molecule has 2 unspecified atom stereocenters. The van der Waals surface area contributed by atoms with Crippen LogP contribution >= 0.6 is 0 Å². The van der Waals surface area contributed by atoms with Crippen LogP contribution in [0.4, 0.5) is 0 Å². The zero-order chi connectivity index (χ0) is 11.3. The third-order valence-electron chi connectivity index (χ3n) is 2.86. The minimum Gasteiger partial charge on any atom is -0.366 e. The van der Waals surface area contributed by atoms with Crippen molar-refractivity contribution >= 4 is 5.91 Å². The number of nitrogens with one attached hydrogen (secondary N) is 1. The van der Waals surface area contributed by atoms with E-state index in [1.807, 2.05) is 7.05 Å². The molecule has 0 aromatic carbocycles. The molecule has 88 valence electrons. The van der Waals surface area contributed by atoms with Crippen molar-refractivity contribution in [3.05, 3.63) is 0 Å². The molecule has 1 amide bonds. The Morgan fingerprint density at radius 2 is 2.40 bits per heavy atom. The molecule has 1 aliphatic heterocycles. The lowest BCUT2D eigenvalue weighted by atomic mass is 10.1. The molecule has 0 aromatic heterocycles. The molecule has 0 aliphatic carbocycles. The monoisotopic (exact) mass is 214 g/mol. The summed E-state index contributed by atoms with van der Waals surface area (Å²) in [5, 5.41) is 3.17. The lowest BCUT2D eigenvalue weighted by molar-refractivity contribution is -0.144. The Bertz CT molecular complexity index is 203. The van der Waals surface area contributed by atoms with Gasteiger partial charge in [0.15, 0.2) is 0 Å². The molecule has 1 saturated heterocycles. The molecular weight excluding hydrogens is 192 g/mol. The van der Waals surface area contributed by atoms with Gasteiger partial charge in [0, 0.05) is 26.7 Å². The molecule has 0 radical (unpaired) electrons. The van der Waals surface area contributed by atoms with Crippen molar-refractivity contribution in [1.82, 2.24) is 10.2 Å². The van der Waals surface area contributed by atoms with Gasteiger partial charge in [0.25, 0.3) is 5.91 Å². The van der Waals surface area contributed by atoms with Crippen LogP contribution in [-0.2, 0) is 9.53 Å². The Balaban J connectivity index is 2.37. The van der Waals surface area contributed by atoms with Crippen molar-refractivity contribution in [2.75, 3.05) is 33.3 Å². The molecular formula is C11H22N2O2. The molecule has 15 heavy (non-hydrogen) atoms. The lowest BCUT2D eigenvalue weighted by Gasteiger charge is -2.28. The van der Waals surface area contributed by atoms with E-state index in [0.717, 1.165) is 19.5 Å². The largest absolute Gasteiger partial charge is 0.366 e. The van der Waals surface area contributed by atoms with E-state index in [0.29, 0.717) is 19.1 Å². The molecule has 1 fully saturated rings. The van der Waals surface area contributed by atoms with Gasteiger partial charge in [0.2, 0.25) is 0 Å². The van der Waals surface area contributed by atoms with E-state index in [-0.39, 0.29) is 12.0 Å². The van der Waals surface area contributed by atoms with Gasteiger partial charge in [-0.05, 0) is 5.92 Å². The summed E-state index contributed by atoms with van der Waals surface area (Å²) >= 11 is 0. The van der Waals surface area contributed by atoms with Crippen LogP contribution in [0.15, 0.2) is 0 Å². The molecule has 0 aromatic rings. The molecule has 1 aliphatic rings. The molecule has 0 saturated carbocycles. The second kappa shape index (κ2) is 6.08. The summed E-state index contributed by atoms with van der Waals surface area (Å²) in [4.78, 5) is 13.7. The second-order valence-electron chi connectivity index (χ2n) is 4.30. The predicted molar refractivity (Wildman–Crippen MR) is 59.7 cm³/mol. The Morgan fingerprint density at radius 1 is 1.67 bits per heavy atom. The van der Waals surface area contributed by atoms with E-state index in [4.69, 9.17) is 4.74 Å². The number of ether oxygens (including phenoxy) is 1. The summed E-state index contributed by atoms with van der Waals surface area (Å²) in [6, 6.07) is 0. The fourth-order valence-corrected chi connectivity index (χ4v) is 1.66. The van der Waals surface area contributed by atoms with Crippen molar-refractivity contribution < 1.29 is 9.53 Å². The van der Waals surface area contributed by atoms with Crippen molar-refractivity contribution in [3.8, 4) is 0 Å². The van der Waals surface area contributed by atoms with Gasteiger partial charge in [-0.2, -0.15) is 0 Å². The third kappa shape index (κ3) is 3.80. The van der Waals surface area contributed by atoms with Crippen LogP contribution in [-0.4, -0.2) is 50.2 Å². The number of carbonyl (C=O) groups is 1. The maximum absolute atomic E-state index is 11.9. The Labute approximate surface area is 92.0 Å². The van der Waals surface area contributed by atoms with Crippen LogP contribution in [0.3, 0.4) is 0 Å². The summed E-state index contributed by atoms with van der Waals surface area (Å²) in [7, 11) is 1.85. The SMILES string of the molecule is CCC(C)CN(C)C(=O)C1CNCCO1. The van der Waals surface area contributed by atoms with E-state index < -0.39 is 0 Å². The molecule has 0 bridgehead atoms. The number of hydrogen-bond donors (Lipinski definition) is 1. The van der Waals surface area contributed by atoms with Crippen LogP contribution in [0.2, 0.25) is 0 Å². The van der Waals surface area contributed by atoms with Crippen LogP contribution in [0.5, 0.6) is 0 Å². The highest BCUT2D eigenvalue weighted by Gasteiger charge is 2.25. The molecule has 1 heterocycles. The van der Waals surface area contributed by atoms with Crippen LogP contribution in [0, 0.1) is 5.92 Å². The van der Waals surface area contributed by atoms with E-state index in [2.05, 4.69) is 19.2 Å². The smallest absolute Gasteiger partial charge is 0.252 e. The molecule has 0 spiro atoms. The third-order valence-corrected chi connectivity index (χ3v) is 2.86. The zero-order valence-corrected chi connectivity index (χ0v) is 9.95. The molecule has 2 atom stereocenters. The van der Waals surface area contributed by atoms with E-state index in [9.17, 15) is 4.79 Å². The van der Waals surface area contributed by atoms with Gasteiger partial charge in [-0.3, -0.25) is 4.79 Å². The lowest BCUT2D eigenvalue weighted by Crippen LogP contribution is -2.49. The van der Waals surface area contributed by atoms with E-state index >= 15 is 0 Å². The van der Waals surface area contributed by atoms with Crippen molar-refractivity contribution in [2.24, 2.45) is 5.92 Å². The van der Waals surface area contributed by atoms with Gasteiger partial charge < -0.3 is 15.0 Å². The number of amides is 1. The highest BCUT2D eigenvalue weighted by molar-refractivity contribution is 5.81. The number of likely N-dealkylation sites (N-methyl/N-ethyl adjacent to an activating group) is 1. The first-order valence-corrected chi connectivity index (χ1v) is 5.72. The summed E-state index contributed by atoms with van der Waals surface area (Å²) in [5.41, 5.74) is 0. The van der Waals surface area contributed by atoms with Gasteiger partial charge in [0.05, 0.1) is 6.61 Å². The summed E-state index contributed by atoms with van der Waals surface area (Å²) in [6.07, 6.45) is 0.814. The van der Waals surface area contributed by atoms with Gasteiger partial charge in [-0.25, -0.2) is 0 Å². The minimum atomic E-state index is -0.284. The number of carbonyl (C=O) groups excluding carboxylic acids is 1. The predicted octanol–water partition coefficient (Wildman–Crippen LogP) is 0.479. The van der Waals surface area contributed by atoms with Gasteiger partial charge in [0.1, 0.15) is 6.10 Å². The van der Waals surface area contributed by atoms with Crippen molar-refractivity contribution in [2.45, 2.75) is 26.4 Å². The first-order valence-electron chi connectivity index (χ1n) is 5.72. The second-order valence-corrected chi connectivity index (χ2v) is 4.30. The van der Waals surface area contributed by atoms with Crippen LogP contribution in [0.1, 0.15) is 20.3 Å². The average Bonchev–Trinajstić information content (AvgIpc) is 2.29. The standard InChI is InChI=1S/C11H22N2O2/c1-4-9(2)8-13(3)11(14)10-7-12-5-6-15-10/h9-10,12H,4-8H2,1-3H3. The summed E-state index contributed by atoms with van der Waals surface area (Å²) in [5.74, 6) is 0.651. The highest BCUT2D eigenvalue weighted by atomic mass is 16.5. The maximum atomic E-state index is 11.9. The number of morpholine rings is 1. The Kier molecular flexibility index (Phi) is 5.05. The Hall–Kier alpha value is -0.610. The van der Waals surface area contributed by atoms with E-state index in [1.165, 1.54) is 0 Å². The summed E-state index contributed by atoms with van der Waals surface area (Å²) < 4.78 is 5.42. The zero-order valence-electron chi connectivity index (χ0n) is 9.95. The number of nitrogens with zero attached hydrogens (tertiary/aromatic N) is 1. The van der Waals surface area contributed by atoms with Gasteiger partial charge >= 0.3 is 0 Å². The quantitative estimate of drug-likeness (QED) is 0.740. The fraction of sp³-hybridized carbons (Fsp3) is 0.909. The topological polar surface area (TPSA) is 41.6 Å². The Morgan fingerprint density at radius 3 is 2.93 bits per heavy atom. The highest BCUT2D eigenvalue weighted by Crippen LogP contribution is 2.06. The fourth-order valence-electron chi connectivity index (χ4n) is 1.66. The van der Waals surface area contributed by atoms with Crippen LogP contribution < -0.4 is 5.32 Å². The van der Waals surface area contributed by atoms with Gasteiger partial charge in [-0.15, -0.1) is 0 Å². The van der Waals surface area contributed by atoms with Gasteiger partial charge in [-0.1, -0.05) is 20.3 Å². The normalized spacial score (nSPS) is 23.5. The average molecular weight is 214 g/mol. The first-order chi connectivity index (χ1) is 7.15. The van der Waals surface area contributed by atoms with Crippen molar-refractivity contribution in [3.63, 3.8) is 0 Å². The van der Waals surface area contributed by atoms with Crippen LogP contribution in [0.25, 0.3) is 0 Å². The number of hydrogen-bond acceptors (Lipinski definition) is 3. The maximum Gasteiger partial charge on any atom is 0.252 e.